The van der Waals surface area contributed by atoms with Crippen molar-refractivity contribution in [1.82, 2.24) is 10.3 Å². The minimum atomic E-state index is -0.450. The van der Waals surface area contributed by atoms with Crippen LogP contribution in [-0.2, 0) is 9.59 Å². The van der Waals surface area contributed by atoms with Gasteiger partial charge in [0.05, 0.1) is 6.61 Å². The highest BCUT2D eigenvalue weighted by atomic mass is 16.5. The van der Waals surface area contributed by atoms with Crippen LogP contribution in [0.4, 0.5) is 5.82 Å². The van der Waals surface area contributed by atoms with Gasteiger partial charge in [-0.05, 0) is 55.5 Å². The largest absolute Gasteiger partial charge is 0.494 e. The number of carbonyl (C=O) groups excluding carboxylic acids is 2. The zero-order valence-corrected chi connectivity index (χ0v) is 19.0. The number of ketones is 1. The Morgan fingerprint density at radius 3 is 2.59 bits per heavy atom. The molecule has 166 valence electrons. The van der Waals surface area contributed by atoms with Crippen LogP contribution in [0.5, 0.6) is 5.75 Å². The molecule has 0 saturated heterocycles. The molecule has 32 heavy (non-hydrogen) atoms. The lowest BCUT2D eigenvalue weighted by Gasteiger charge is -2.39. The van der Waals surface area contributed by atoms with Gasteiger partial charge in [-0.25, -0.2) is 4.98 Å². The van der Waals surface area contributed by atoms with Gasteiger partial charge in [-0.2, -0.15) is 0 Å². The number of benzene rings is 1. The fourth-order valence-electron chi connectivity index (χ4n) is 4.61. The lowest BCUT2D eigenvalue weighted by Crippen LogP contribution is -2.39. The van der Waals surface area contributed by atoms with Crippen molar-refractivity contribution in [3.8, 4) is 5.75 Å². The Morgan fingerprint density at radius 2 is 1.94 bits per heavy atom. The van der Waals surface area contributed by atoms with E-state index in [9.17, 15) is 9.59 Å². The third-order valence-corrected chi connectivity index (χ3v) is 5.92. The molecule has 2 heterocycles. The molecule has 1 amide bonds. The first-order chi connectivity index (χ1) is 15.3. The van der Waals surface area contributed by atoms with Crippen LogP contribution in [0.15, 0.2) is 71.2 Å². The van der Waals surface area contributed by atoms with E-state index in [0.717, 1.165) is 29.1 Å². The van der Waals surface area contributed by atoms with Crippen LogP contribution in [0.2, 0.25) is 0 Å². The second kappa shape index (κ2) is 8.61. The van der Waals surface area contributed by atoms with Gasteiger partial charge in [-0.3, -0.25) is 9.59 Å². The van der Waals surface area contributed by atoms with Gasteiger partial charge in [-0.15, -0.1) is 0 Å². The summed E-state index contributed by atoms with van der Waals surface area (Å²) < 4.78 is 5.59. The monoisotopic (exact) mass is 431 g/mol. The van der Waals surface area contributed by atoms with Gasteiger partial charge in [-0.1, -0.05) is 32.0 Å². The molecule has 1 aliphatic heterocycles. The quantitative estimate of drug-likeness (QED) is 0.716. The lowest BCUT2D eigenvalue weighted by atomic mass is 9.68. The molecule has 1 atom stereocenters. The average Bonchev–Trinajstić information content (AvgIpc) is 2.73. The Labute approximate surface area is 188 Å². The molecule has 4 rings (SSSR count). The van der Waals surface area contributed by atoms with Crippen molar-refractivity contribution in [2.24, 2.45) is 5.41 Å². The Kier molecular flexibility index (Phi) is 5.87. The highest BCUT2D eigenvalue weighted by Crippen LogP contribution is 2.46. The van der Waals surface area contributed by atoms with Crippen LogP contribution in [0, 0.1) is 5.41 Å². The number of allylic oxidation sites excluding steroid dienone is 3. The summed E-state index contributed by atoms with van der Waals surface area (Å²) in [6, 6.07) is 13.0. The van der Waals surface area contributed by atoms with Crippen LogP contribution < -0.4 is 15.4 Å². The van der Waals surface area contributed by atoms with E-state index >= 15 is 0 Å². The number of dihydropyridines is 1. The summed E-state index contributed by atoms with van der Waals surface area (Å²) in [7, 11) is 0. The molecule has 6 nitrogen and oxygen atoms in total. The third-order valence-electron chi connectivity index (χ3n) is 5.92. The number of pyridine rings is 1. The molecule has 0 bridgehead atoms. The highest BCUT2D eigenvalue weighted by molar-refractivity contribution is 6.09. The number of Topliss-reactive ketones (excluding diaryl/α,β-unsaturated/α-hetero) is 1. The number of hydrogen-bond donors (Lipinski definition) is 2. The number of nitrogens with one attached hydrogen (secondary N) is 2. The molecule has 1 aliphatic carbocycles. The summed E-state index contributed by atoms with van der Waals surface area (Å²) in [6.45, 7) is 8.61. The fraction of sp³-hybridized carbons (Fsp3) is 0.346. The summed E-state index contributed by atoms with van der Waals surface area (Å²) in [4.78, 5) is 31.0. The fourth-order valence-corrected chi connectivity index (χ4v) is 4.61. The van der Waals surface area contributed by atoms with Crippen molar-refractivity contribution in [3.05, 3.63) is 76.8 Å². The van der Waals surface area contributed by atoms with Gasteiger partial charge < -0.3 is 15.4 Å². The second-order valence-electron chi connectivity index (χ2n) is 9.10. The number of anilines is 1. The van der Waals surface area contributed by atoms with Gasteiger partial charge in [0.15, 0.2) is 5.78 Å². The summed E-state index contributed by atoms with van der Waals surface area (Å²) >= 11 is 0. The normalized spacial score (nSPS) is 19.9. The molecule has 1 aromatic carbocycles. The number of rotatable bonds is 5. The van der Waals surface area contributed by atoms with E-state index in [1.54, 1.807) is 18.3 Å². The SMILES string of the molecule is CCOc1ccc(C2C(C(=O)Nc3ccccn3)=C(C)NC3=C2C(=O)CC(C)(C)C3)cc1. The standard InChI is InChI=1S/C26H29N3O3/c1-5-32-18-11-9-17(10-12-18)23-22(25(31)29-21-8-6-7-13-27-21)16(2)28-19-14-26(3,4)15-20(30)24(19)23/h6-13,23,28H,5,14-15H2,1-4H3,(H,27,29,31). The van der Waals surface area contributed by atoms with E-state index in [0.29, 0.717) is 30.0 Å². The number of carbonyl (C=O) groups is 2. The maximum atomic E-state index is 13.4. The summed E-state index contributed by atoms with van der Waals surface area (Å²) in [5.74, 6) is 0.596. The van der Waals surface area contributed by atoms with Gasteiger partial charge >= 0.3 is 0 Å². The van der Waals surface area contributed by atoms with E-state index < -0.39 is 5.92 Å². The molecule has 0 fully saturated rings. The average molecular weight is 432 g/mol. The van der Waals surface area contributed by atoms with Gasteiger partial charge in [0.1, 0.15) is 11.6 Å². The van der Waals surface area contributed by atoms with Crippen LogP contribution in [0.25, 0.3) is 0 Å². The maximum Gasteiger partial charge on any atom is 0.255 e. The Hall–Kier alpha value is -3.41. The summed E-state index contributed by atoms with van der Waals surface area (Å²) in [5, 5.41) is 6.28. The zero-order chi connectivity index (χ0) is 22.9. The Morgan fingerprint density at radius 1 is 1.19 bits per heavy atom. The van der Waals surface area contributed by atoms with Crippen molar-refractivity contribution in [2.75, 3.05) is 11.9 Å². The smallest absolute Gasteiger partial charge is 0.255 e. The molecule has 2 N–H and O–H groups in total. The number of amides is 1. The highest BCUT2D eigenvalue weighted by Gasteiger charge is 2.42. The van der Waals surface area contributed by atoms with Gasteiger partial charge in [0, 0.05) is 41.1 Å². The Bertz CT molecular complexity index is 1100. The Balaban J connectivity index is 1.79. The molecule has 6 heteroatoms. The van der Waals surface area contributed by atoms with Crippen LogP contribution in [-0.4, -0.2) is 23.3 Å². The predicted octanol–water partition coefficient (Wildman–Crippen LogP) is 4.72. The van der Waals surface area contributed by atoms with E-state index in [-0.39, 0.29) is 17.1 Å². The van der Waals surface area contributed by atoms with Gasteiger partial charge in [0.25, 0.3) is 5.91 Å². The maximum absolute atomic E-state index is 13.4. The van der Waals surface area contributed by atoms with E-state index in [2.05, 4.69) is 29.5 Å². The van der Waals surface area contributed by atoms with E-state index in [4.69, 9.17) is 4.74 Å². The molecule has 1 unspecified atom stereocenters. The molecule has 0 spiro atoms. The molecule has 2 aliphatic rings. The number of hydrogen-bond acceptors (Lipinski definition) is 5. The van der Waals surface area contributed by atoms with E-state index in [1.165, 1.54) is 0 Å². The zero-order valence-electron chi connectivity index (χ0n) is 19.0. The van der Waals surface area contributed by atoms with Crippen molar-refractivity contribution < 1.29 is 14.3 Å². The first kappa shape index (κ1) is 21.8. The van der Waals surface area contributed by atoms with Crippen molar-refractivity contribution in [2.45, 2.75) is 46.5 Å². The summed E-state index contributed by atoms with van der Waals surface area (Å²) in [6.07, 6.45) is 2.84. The first-order valence-corrected chi connectivity index (χ1v) is 11.0. The topological polar surface area (TPSA) is 80.3 Å². The molecule has 2 aromatic rings. The van der Waals surface area contributed by atoms with Crippen molar-refractivity contribution in [1.29, 1.82) is 0 Å². The third kappa shape index (κ3) is 4.31. The molecule has 0 saturated carbocycles. The minimum absolute atomic E-state index is 0.0817. The van der Waals surface area contributed by atoms with Crippen LogP contribution in [0.1, 0.15) is 52.0 Å². The summed E-state index contributed by atoms with van der Waals surface area (Å²) in [5.41, 5.74) is 3.65. The predicted molar refractivity (Wildman–Crippen MR) is 124 cm³/mol. The number of aromatic nitrogens is 1. The van der Waals surface area contributed by atoms with E-state index in [1.807, 2.05) is 44.2 Å². The number of ether oxygens (including phenoxy) is 1. The molecule has 0 radical (unpaired) electrons. The lowest BCUT2D eigenvalue weighted by molar-refractivity contribution is -0.118. The molecular formula is C26H29N3O3. The van der Waals surface area contributed by atoms with Gasteiger partial charge in [0.2, 0.25) is 0 Å². The second-order valence-corrected chi connectivity index (χ2v) is 9.10. The van der Waals surface area contributed by atoms with Crippen LogP contribution in [0.3, 0.4) is 0 Å². The minimum Gasteiger partial charge on any atom is -0.494 e. The first-order valence-electron chi connectivity index (χ1n) is 11.0. The number of nitrogens with zero attached hydrogens (tertiary/aromatic N) is 1. The molecular weight excluding hydrogens is 402 g/mol. The van der Waals surface area contributed by atoms with Crippen LogP contribution >= 0.6 is 0 Å². The van der Waals surface area contributed by atoms with Crippen molar-refractivity contribution >= 4 is 17.5 Å². The molecule has 1 aromatic heterocycles. The van der Waals surface area contributed by atoms with Crippen molar-refractivity contribution in [3.63, 3.8) is 0 Å².